The van der Waals surface area contributed by atoms with E-state index < -0.39 is 30.9 Å². The summed E-state index contributed by atoms with van der Waals surface area (Å²) in [5.74, 6) is -2.41. The molecule has 0 heterocycles. The number of carbonyl (C=O) groups excluding carboxylic acids is 2. The van der Waals surface area contributed by atoms with Crippen LogP contribution in [0.1, 0.15) is 12.5 Å². The SMILES string of the molecule is COC(=O)C(C)C(C(=O)OCc1ccccc1)P(=O)(CCN)OC. The molecule has 8 heteroatoms. The van der Waals surface area contributed by atoms with Crippen LogP contribution in [-0.2, 0) is 34.8 Å². The van der Waals surface area contributed by atoms with E-state index in [1.807, 2.05) is 18.2 Å². The van der Waals surface area contributed by atoms with Gasteiger partial charge < -0.3 is 19.7 Å². The summed E-state index contributed by atoms with van der Waals surface area (Å²) >= 11 is 0. The van der Waals surface area contributed by atoms with Crippen molar-refractivity contribution in [3.05, 3.63) is 35.9 Å². The third-order valence-corrected chi connectivity index (χ3v) is 6.69. The van der Waals surface area contributed by atoms with Gasteiger partial charge in [-0.25, -0.2) is 0 Å². The number of hydrogen-bond donors (Lipinski definition) is 1. The van der Waals surface area contributed by atoms with Gasteiger partial charge in [0.1, 0.15) is 12.3 Å². The van der Waals surface area contributed by atoms with E-state index in [9.17, 15) is 14.2 Å². The Kier molecular flexibility index (Phi) is 8.11. The van der Waals surface area contributed by atoms with Crippen molar-refractivity contribution in [1.29, 1.82) is 0 Å². The summed E-state index contributed by atoms with van der Waals surface area (Å²) in [6.07, 6.45) is -0.0318. The first-order chi connectivity index (χ1) is 11.4. The quantitative estimate of drug-likeness (QED) is 0.530. The Morgan fingerprint density at radius 3 is 2.29 bits per heavy atom. The molecule has 0 spiro atoms. The Bertz CT molecular complexity index is 591. The van der Waals surface area contributed by atoms with E-state index >= 15 is 0 Å². The molecule has 0 aliphatic rings. The molecule has 0 amide bonds. The Labute approximate surface area is 141 Å². The average Bonchev–Trinajstić information content (AvgIpc) is 2.60. The Balaban J connectivity index is 3.00. The van der Waals surface area contributed by atoms with Gasteiger partial charge >= 0.3 is 11.9 Å². The fourth-order valence-electron chi connectivity index (χ4n) is 2.36. The molecule has 1 aromatic rings. The molecule has 24 heavy (non-hydrogen) atoms. The van der Waals surface area contributed by atoms with E-state index in [1.165, 1.54) is 21.1 Å². The highest BCUT2D eigenvalue weighted by Gasteiger charge is 2.46. The van der Waals surface area contributed by atoms with Gasteiger partial charge in [-0.05, 0) is 5.56 Å². The lowest BCUT2D eigenvalue weighted by Crippen LogP contribution is -2.37. The number of esters is 2. The number of nitrogens with two attached hydrogens (primary N) is 1. The van der Waals surface area contributed by atoms with Crippen molar-refractivity contribution in [2.45, 2.75) is 19.2 Å². The summed E-state index contributed by atoms with van der Waals surface area (Å²) in [6, 6.07) is 9.05. The molecule has 2 N–H and O–H groups in total. The summed E-state index contributed by atoms with van der Waals surface area (Å²) in [5, 5.41) is 0. The van der Waals surface area contributed by atoms with E-state index in [1.54, 1.807) is 12.1 Å². The number of benzene rings is 1. The molecule has 0 radical (unpaired) electrons. The van der Waals surface area contributed by atoms with Gasteiger partial charge in [-0.3, -0.25) is 14.2 Å². The lowest BCUT2D eigenvalue weighted by Gasteiger charge is -2.27. The van der Waals surface area contributed by atoms with Crippen LogP contribution in [0.4, 0.5) is 0 Å². The normalized spacial score (nSPS) is 15.8. The molecule has 1 rings (SSSR count). The van der Waals surface area contributed by atoms with Crippen LogP contribution in [0.3, 0.4) is 0 Å². The van der Waals surface area contributed by atoms with Gasteiger partial charge in [-0.1, -0.05) is 37.3 Å². The number of carbonyl (C=O) groups is 2. The van der Waals surface area contributed by atoms with Gasteiger partial charge in [0.2, 0.25) is 7.37 Å². The molecule has 3 unspecified atom stereocenters. The van der Waals surface area contributed by atoms with E-state index in [0.717, 1.165) is 5.56 Å². The largest absolute Gasteiger partial charge is 0.469 e. The topological polar surface area (TPSA) is 105 Å². The van der Waals surface area contributed by atoms with Gasteiger partial charge in [0, 0.05) is 19.8 Å². The zero-order chi connectivity index (χ0) is 18.2. The maximum atomic E-state index is 13.0. The molecule has 1 aromatic carbocycles. The van der Waals surface area contributed by atoms with Crippen LogP contribution in [0.5, 0.6) is 0 Å². The Morgan fingerprint density at radius 1 is 1.17 bits per heavy atom. The number of rotatable bonds is 9. The number of hydrogen-bond acceptors (Lipinski definition) is 7. The maximum Gasteiger partial charge on any atom is 0.319 e. The first-order valence-electron chi connectivity index (χ1n) is 7.52. The number of ether oxygens (including phenoxy) is 2. The van der Waals surface area contributed by atoms with Crippen molar-refractivity contribution in [2.24, 2.45) is 11.7 Å². The molecule has 134 valence electrons. The molecule has 0 aliphatic heterocycles. The second-order valence-corrected chi connectivity index (χ2v) is 8.09. The number of methoxy groups -OCH3 is 1. The summed E-state index contributed by atoms with van der Waals surface area (Å²) in [7, 11) is -1.08. The lowest BCUT2D eigenvalue weighted by molar-refractivity contribution is -0.153. The average molecular weight is 357 g/mol. The molecule has 0 saturated carbocycles. The Morgan fingerprint density at radius 2 is 1.79 bits per heavy atom. The standard InChI is InChI=1S/C16H24NO6P/c1-12(15(18)21-2)14(24(20,22-3)10-9-17)16(19)23-11-13-7-5-4-6-8-13/h4-8,12,14H,9-11,17H2,1-3H3. The lowest BCUT2D eigenvalue weighted by atomic mass is 10.1. The highest BCUT2D eigenvalue weighted by Crippen LogP contribution is 2.54. The minimum absolute atomic E-state index is 0.0103. The fraction of sp³-hybridized carbons (Fsp3) is 0.500. The van der Waals surface area contributed by atoms with Crippen LogP contribution >= 0.6 is 7.37 Å². The summed E-state index contributed by atoms with van der Waals surface area (Å²) in [6.45, 7) is 1.53. The second kappa shape index (κ2) is 9.57. The third kappa shape index (κ3) is 5.16. The molecular weight excluding hydrogens is 333 g/mol. The highest BCUT2D eigenvalue weighted by atomic mass is 31.2. The predicted molar refractivity (Wildman–Crippen MR) is 89.7 cm³/mol. The maximum absolute atomic E-state index is 13.0. The van der Waals surface area contributed by atoms with Crippen LogP contribution in [0, 0.1) is 5.92 Å². The molecule has 0 fully saturated rings. The molecule has 3 atom stereocenters. The fourth-order valence-corrected chi connectivity index (χ4v) is 4.60. The molecule has 0 aliphatic carbocycles. The summed E-state index contributed by atoms with van der Waals surface area (Å²) in [4.78, 5) is 24.4. The van der Waals surface area contributed by atoms with Gasteiger partial charge in [0.05, 0.1) is 13.0 Å². The third-order valence-electron chi connectivity index (χ3n) is 3.69. The zero-order valence-electron chi connectivity index (χ0n) is 14.1. The molecule has 0 saturated heterocycles. The van der Waals surface area contributed by atoms with E-state index in [-0.39, 0.29) is 19.3 Å². The molecular formula is C16H24NO6P. The van der Waals surface area contributed by atoms with Crippen LogP contribution in [0.2, 0.25) is 0 Å². The first kappa shape index (κ1) is 20.4. The minimum atomic E-state index is -3.51. The highest BCUT2D eigenvalue weighted by molar-refractivity contribution is 7.60. The van der Waals surface area contributed by atoms with Gasteiger partial charge in [-0.2, -0.15) is 0 Å². The predicted octanol–water partition coefficient (Wildman–Crippen LogP) is 1.79. The van der Waals surface area contributed by atoms with Crippen LogP contribution in [0.15, 0.2) is 30.3 Å². The van der Waals surface area contributed by atoms with Crippen molar-refractivity contribution >= 4 is 19.3 Å². The Hall–Kier alpha value is -1.69. The first-order valence-corrected chi connectivity index (χ1v) is 9.40. The van der Waals surface area contributed by atoms with Crippen molar-refractivity contribution in [3.8, 4) is 0 Å². The van der Waals surface area contributed by atoms with Crippen molar-refractivity contribution in [1.82, 2.24) is 0 Å². The molecule has 0 bridgehead atoms. The van der Waals surface area contributed by atoms with E-state index in [4.69, 9.17) is 15.0 Å². The molecule has 0 aromatic heterocycles. The van der Waals surface area contributed by atoms with Crippen LogP contribution < -0.4 is 5.73 Å². The zero-order valence-corrected chi connectivity index (χ0v) is 15.0. The van der Waals surface area contributed by atoms with Gasteiger partial charge in [0.15, 0.2) is 0 Å². The van der Waals surface area contributed by atoms with Gasteiger partial charge in [-0.15, -0.1) is 0 Å². The minimum Gasteiger partial charge on any atom is -0.469 e. The second-order valence-electron chi connectivity index (χ2n) is 5.27. The van der Waals surface area contributed by atoms with Crippen LogP contribution in [0.25, 0.3) is 0 Å². The van der Waals surface area contributed by atoms with Crippen LogP contribution in [-0.4, -0.2) is 44.5 Å². The summed E-state index contributed by atoms with van der Waals surface area (Å²) in [5.41, 5.74) is 5.00. The van der Waals surface area contributed by atoms with E-state index in [0.29, 0.717) is 0 Å². The van der Waals surface area contributed by atoms with E-state index in [2.05, 4.69) is 4.74 Å². The molecule has 7 nitrogen and oxygen atoms in total. The smallest absolute Gasteiger partial charge is 0.319 e. The van der Waals surface area contributed by atoms with Crippen molar-refractivity contribution in [2.75, 3.05) is 26.9 Å². The van der Waals surface area contributed by atoms with Crippen molar-refractivity contribution < 1.29 is 28.2 Å². The summed E-state index contributed by atoms with van der Waals surface area (Å²) < 4.78 is 28.0. The van der Waals surface area contributed by atoms with Crippen molar-refractivity contribution in [3.63, 3.8) is 0 Å². The monoisotopic (exact) mass is 357 g/mol. The van der Waals surface area contributed by atoms with Gasteiger partial charge in [0.25, 0.3) is 0 Å².